The number of benzene rings is 1. The predicted octanol–water partition coefficient (Wildman–Crippen LogP) is 0.188. The van der Waals surface area contributed by atoms with Crippen molar-refractivity contribution in [3.05, 3.63) is 29.8 Å². The van der Waals surface area contributed by atoms with Crippen LogP contribution in [0.4, 0.5) is 0 Å². The Morgan fingerprint density at radius 1 is 1.37 bits per heavy atom. The first-order valence-electron chi connectivity index (χ1n) is 5.70. The van der Waals surface area contributed by atoms with Crippen LogP contribution in [0.1, 0.15) is 12.5 Å². The summed E-state index contributed by atoms with van der Waals surface area (Å²) in [7, 11) is 1.50. The van der Waals surface area contributed by atoms with Crippen molar-refractivity contribution in [1.82, 2.24) is 10.6 Å². The molecule has 0 aliphatic heterocycles. The molecule has 0 spiro atoms. The van der Waals surface area contributed by atoms with Crippen molar-refractivity contribution in [2.75, 3.05) is 13.7 Å². The van der Waals surface area contributed by atoms with Crippen LogP contribution < -0.4 is 15.4 Å². The van der Waals surface area contributed by atoms with E-state index in [0.717, 1.165) is 0 Å². The van der Waals surface area contributed by atoms with E-state index in [1.54, 1.807) is 31.2 Å². The topological polar surface area (TPSA) is 91.2 Å². The standard InChI is InChI=1S/C13H15N3O3/c1-9(13(18)15-2)16-12(17)8-19-11-5-3-10(7-14)4-6-11/h3-6,9H,8H2,1-2H3,(H,15,18)(H,16,17). The van der Waals surface area contributed by atoms with Gasteiger partial charge in [0.15, 0.2) is 6.61 Å². The third-order valence-electron chi connectivity index (χ3n) is 2.37. The Morgan fingerprint density at radius 2 is 2.00 bits per heavy atom. The van der Waals surface area contributed by atoms with Crippen LogP contribution in [0.15, 0.2) is 24.3 Å². The summed E-state index contributed by atoms with van der Waals surface area (Å²) in [5.41, 5.74) is 0.519. The molecule has 0 heterocycles. The molecule has 0 bridgehead atoms. The van der Waals surface area contributed by atoms with Gasteiger partial charge in [-0.25, -0.2) is 0 Å². The van der Waals surface area contributed by atoms with E-state index in [-0.39, 0.29) is 18.4 Å². The predicted molar refractivity (Wildman–Crippen MR) is 68.3 cm³/mol. The molecule has 0 aliphatic carbocycles. The number of rotatable bonds is 5. The van der Waals surface area contributed by atoms with Crippen molar-refractivity contribution in [1.29, 1.82) is 5.26 Å². The molecule has 1 aromatic carbocycles. The fourth-order valence-corrected chi connectivity index (χ4v) is 1.34. The molecule has 1 rings (SSSR count). The molecule has 0 aromatic heterocycles. The molecule has 2 N–H and O–H groups in total. The van der Waals surface area contributed by atoms with Gasteiger partial charge in [0.1, 0.15) is 11.8 Å². The molecule has 1 atom stereocenters. The summed E-state index contributed by atoms with van der Waals surface area (Å²) in [6, 6.07) is 7.78. The molecular weight excluding hydrogens is 246 g/mol. The first-order valence-corrected chi connectivity index (χ1v) is 5.70. The molecule has 2 amide bonds. The number of amides is 2. The lowest BCUT2D eigenvalue weighted by Crippen LogP contribution is -2.45. The fraction of sp³-hybridized carbons (Fsp3) is 0.308. The molecular formula is C13H15N3O3. The quantitative estimate of drug-likeness (QED) is 0.791. The molecule has 0 radical (unpaired) electrons. The van der Waals surface area contributed by atoms with Crippen LogP contribution in [0, 0.1) is 11.3 Å². The van der Waals surface area contributed by atoms with Crippen LogP contribution in [-0.2, 0) is 9.59 Å². The molecule has 100 valence electrons. The summed E-state index contributed by atoms with van der Waals surface area (Å²) in [6.45, 7) is 1.39. The molecule has 0 fully saturated rings. The van der Waals surface area contributed by atoms with Crippen molar-refractivity contribution in [3.63, 3.8) is 0 Å². The highest BCUT2D eigenvalue weighted by Crippen LogP contribution is 2.11. The monoisotopic (exact) mass is 261 g/mol. The number of ether oxygens (including phenoxy) is 1. The van der Waals surface area contributed by atoms with Crippen molar-refractivity contribution in [2.24, 2.45) is 0 Å². The van der Waals surface area contributed by atoms with Gasteiger partial charge in [-0.05, 0) is 31.2 Å². The molecule has 1 unspecified atom stereocenters. The van der Waals surface area contributed by atoms with E-state index in [1.165, 1.54) is 7.05 Å². The number of hydrogen-bond donors (Lipinski definition) is 2. The van der Waals surface area contributed by atoms with Crippen molar-refractivity contribution in [3.8, 4) is 11.8 Å². The average molecular weight is 261 g/mol. The van der Waals surface area contributed by atoms with Crippen LogP contribution in [0.2, 0.25) is 0 Å². The number of hydrogen-bond acceptors (Lipinski definition) is 4. The Kier molecular flexibility index (Phi) is 5.35. The third kappa shape index (κ3) is 4.68. The number of carbonyl (C=O) groups is 2. The minimum absolute atomic E-state index is 0.187. The van der Waals surface area contributed by atoms with Crippen molar-refractivity contribution in [2.45, 2.75) is 13.0 Å². The highest BCUT2D eigenvalue weighted by atomic mass is 16.5. The van der Waals surface area contributed by atoms with Crippen LogP contribution >= 0.6 is 0 Å². The van der Waals surface area contributed by atoms with Gasteiger partial charge >= 0.3 is 0 Å². The van der Waals surface area contributed by atoms with Gasteiger partial charge in [-0.3, -0.25) is 9.59 Å². The van der Waals surface area contributed by atoms with Gasteiger partial charge in [0.2, 0.25) is 5.91 Å². The Hall–Kier alpha value is -2.55. The summed E-state index contributed by atoms with van der Waals surface area (Å²) in [5.74, 6) is -0.172. The SMILES string of the molecule is CNC(=O)C(C)NC(=O)COc1ccc(C#N)cc1. The largest absolute Gasteiger partial charge is 0.484 e. The van der Waals surface area contributed by atoms with Crippen LogP contribution in [0.5, 0.6) is 5.75 Å². The Morgan fingerprint density at radius 3 is 2.53 bits per heavy atom. The van der Waals surface area contributed by atoms with Gasteiger partial charge in [0.05, 0.1) is 11.6 Å². The number of nitriles is 1. The minimum Gasteiger partial charge on any atom is -0.484 e. The number of nitrogens with one attached hydrogen (secondary N) is 2. The summed E-state index contributed by atoms with van der Waals surface area (Å²) in [4.78, 5) is 22.7. The Labute approximate surface area is 111 Å². The van der Waals surface area contributed by atoms with Crippen molar-refractivity contribution < 1.29 is 14.3 Å². The second-order valence-corrected chi connectivity index (χ2v) is 3.83. The highest BCUT2D eigenvalue weighted by molar-refractivity contribution is 5.87. The van der Waals surface area contributed by atoms with Crippen LogP contribution in [0.25, 0.3) is 0 Å². The van der Waals surface area contributed by atoms with E-state index in [0.29, 0.717) is 11.3 Å². The van der Waals surface area contributed by atoms with Gasteiger partial charge in [-0.1, -0.05) is 0 Å². The highest BCUT2D eigenvalue weighted by Gasteiger charge is 2.13. The summed E-state index contributed by atoms with van der Waals surface area (Å²) < 4.78 is 5.23. The van der Waals surface area contributed by atoms with Gasteiger partial charge in [0, 0.05) is 7.05 Å². The number of likely N-dealkylation sites (N-methyl/N-ethyl adjacent to an activating group) is 1. The molecule has 19 heavy (non-hydrogen) atoms. The van der Waals surface area contributed by atoms with E-state index < -0.39 is 6.04 Å². The second kappa shape index (κ2) is 7.01. The Bertz CT molecular complexity index is 491. The smallest absolute Gasteiger partial charge is 0.258 e. The lowest BCUT2D eigenvalue weighted by atomic mass is 10.2. The zero-order chi connectivity index (χ0) is 14.3. The van der Waals surface area contributed by atoms with Gasteiger partial charge in [-0.2, -0.15) is 5.26 Å². The molecule has 6 heteroatoms. The van der Waals surface area contributed by atoms with E-state index in [9.17, 15) is 9.59 Å². The van der Waals surface area contributed by atoms with E-state index in [1.807, 2.05) is 6.07 Å². The van der Waals surface area contributed by atoms with E-state index >= 15 is 0 Å². The zero-order valence-electron chi connectivity index (χ0n) is 10.8. The molecule has 0 aliphatic rings. The molecule has 0 saturated heterocycles. The first kappa shape index (κ1) is 14.5. The van der Waals surface area contributed by atoms with Gasteiger partial charge in [0.25, 0.3) is 5.91 Å². The maximum Gasteiger partial charge on any atom is 0.258 e. The summed E-state index contributed by atoms with van der Waals surface area (Å²) in [6.07, 6.45) is 0. The fourth-order valence-electron chi connectivity index (χ4n) is 1.34. The third-order valence-corrected chi connectivity index (χ3v) is 2.37. The maximum absolute atomic E-state index is 11.5. The van der Waals surface area contributed by atoms with Gasteiger partial charge in [-0.15, -0.1) is 0 Å². The van der Waals surface area contributed by atoms with Crippen LogP contribution in [0.3, 0.4) is 0 Å². The normalized spacial score (nSPS) is 11.0. The molecule has 6 nitrogen and oxygen atoms in total. The first-order chi connectivity index (χ1) is 9.06. The minimum atomic E-state index is -0.609. The summed E-state index contributed by atoms with van der Waals surface area (Å²) >= 11 is 0. The average Bonchev–Trinajstić information content (AvgIpc) is 2.44. The lowest BCUT2D eigenvalue weighted by molar-refractivity contribution is -0.129. The van der Waals surface area contributed by atoms with Crippen molar-refractivity contribution >= 4 is 11.8 Å². The summed E-state index contributed by atoms with van der Waals surface area (Å²) in [5, 5.41) is 13.6. The molecule has 0 saturated carbocycles. The van der Waals surface area contributed by atoms with E-state index in [4.69, 9.17) is 10.00 Å². The van der Waals surface area contributed by atoms with Gasteiger partial charge < -0.3 is 15.4 Å². The molecule has 1 aromatic rings. The maximum atomic E-state index is 11.5. The second-order valence-electron chi connectivity index (χ2n) is 3.83. The van der Waals surface area contributed by atoms with E-state index in [2.05, 4.69) is 10.6 Å². The number of carbonyl (C=O) groups excluding carboxylic acids is 2. The zero-order valence-corrected chi connectivity index (χ0v) is 10.8. The van der Waals surface area contributed by atoms with Crippen LogP contribution in [-0.4, -0.2) is 31.5 Å². The Balaban J connectivity index is 2.41. The lowest BCUT2D eigenvalue weighted by Gasteiger charge is -2.12. The number of nitrogens with zero attached hydrogens (tertiary/aromatic N) is 1.